The van der Waals surface area contributed by atoms with Crippen LogP contribution in [-0.2, 0) is 17.9 Å². The van der Waals surface area contributed by atoms with Crippen LogP contribution in [0, 0.1) is 5.92 Å². The lowest BCUT2D eigenvalue weighted by atomic mass is 9.82. The summed E-state index contributed by atoms with van der Waals surface area (Å²) in [4.78, 5) is 35.7. The highest BCUT2D eigenvalue weighted by Crippen LogP contribution is 2.35. The van der Waals surface area contributed by atoms with Gasteiger partial charge in [-0.3, -0.25) is 9.69 Å². The van der Waals surface area contributed by atoms with E-state index in [2.05, 4.69) is 4.98 Å². The maximum Gasteiger partial charge on any atom is 0.324 e. The zero-order chi connectivity index (χ0) is 28.2. The number of rotatable bonds is 11. The Balaban J connectivity index is 1.31. The van der Waals surface area contributed by atoms with E-state index < -0.39 is 0 Å². The van der Waals surface area contributed by atoms with E-state index >= 15 is 0 Å². The van der Waals surface area contributed by atoms with Crippen molar-refractivity contribution in [3.8, 4) is 11.5 Å². The maximum atomic E-state index is 13.7. The van der Waals surface area contributed by atoms with Crippen LogP contribution in [0.1, 0.15) is 44.1 Å². The van der Waals surface area contributed by atoms with Crippen LogP contribution in [0.5, 0.6) is 11.5 Å². The van der Waals surface area contributed by atoms with Crippen molar-refractivity contribution in [2.45, 2.75) is 51.6 Å². The summed E-state index contributed by atoms with van der Waals surface area (Å²) in [5.74, 6) is 2.13. The second-order valence-electron chi connectivity index (χ2n) is 10.9. The molecule has 1 aromatic carbocycles. The van der Waals surface area contributed by atoms with Gasteiger partial charge in [-0.2, -0.15) is 0 Å². The number of urea groups is 1. The summed E-state index contributed by atoms with van der Waals surface area (Å²) in [6.45, 7) is 2.43. The number of carbonyl (C=O) groups excluding carboxylic acids is 2. The molecule has 9 nitrogen and oxygen atoms in total. The lowest BCUT2D eigenvalue weighted by Gasteiger charge is -2.36. The fourth-order valence-corrected chi connectivity index (χ4v) is 5.75. The number of aromatic nitrogens is 2. The van der Waals surface area contributed by atoms with Crippen LogP contribution in [0.15, 0.2) is 36.7 Å². The molecule has 1 aliphatic heterocycles. The smallest absolute Gasteiger partial charge is 0.324 e. The lowest BCUT2D eigenvalue weighted by Crippen LogP contribution is -2.49. The number of pyridine rings is 1. The molecule has 40 heavy (non-hydrogen) atoms. The normalized spacial score (nSPS) is 15.8. The number of anilines is 1. The van der Waals surface area contributed by atoms with Crippen LogP contribution in [-0.4, -0.2) is 72.2 Å². The van der Waals surface area contributed by atoms with Gasteiger partial charge in [-0.1, -0.05) is 30.9 Å². The summed E-state index contributed by atoms with van der Waals surface area (Å²) in [6, 6.07) is 7.50. The standard InChI is InChI=1S/C30H38ClN5O4/c1-33(2)27(37)20-35-19-24(31)28-22(12-13-32-29(28)35)18-34-14-6-15-36(30(34)38)23-10-11-25(39-3)26(17-23)40-16-5-9-21-7-4-8-21/h10-13,17,19,21H,4-9,14-16,18,20H2,1-3H3. The Morgan fingerprint density at radius 2 is 1.98 bits per heavy atom. The Hall–Kier alpha value is -3.46. The van der Waals surface area contributed by atoms with E-state index in [0.717, 1.165) is 35.4 Å². The molecule has 0 spiro atoms. The number of nitrogens with zero attached hydrogens (tertiary/aromatic N) is 5. The number of carbonyl (C=O) groups is 2. The molecule has 0 atom stereocenters. The summed E-state index contributed by atoms with van der Waals surface area (Å²) < 4.78 is 13.4. The molecule has 0 bridgehead atoms. The van der Waals surface area contributed by atoms with Gasteiger partial charge in [-0.25, -0.2) is 9.78 Å². The number of halogens is 1. The number of hydrogen-bond donors (Lipinski definition) is 0. The number of ether oxygens (including phenoxy) is 2. The molecule has 214 valence electrons. The van der Waals surface area contributed by atoms with Gasteiger partial charge in [0.15, 0.2) is 11.5 Å². The topological polar surface area (TPSA) is 80.1 Å². The Bertz CT molecular complexity index is 1370. The van der Waals surface area contributed by atoms with Crippen molar-refractivity contribution in [1.29, 1.82) is 0 Å². The third kappa shape index (κ3) is 5.99. The molecule has 0 unspecified atom stereocenters. The Labute approximate surface area is 240 Å². The molecule has 2 aromatic heterocycles. The zero-order valence-corrected chi connectivity index (χ0v) is 24.3. The van der Waals surface area contributed by atoms with Crippen LogP contribution in [0.2, 0.25) is 5.02 Å². The molecule has 1 saturated carbocycles. The minimum atomic E-state index is -0.0735. The molecule has 3 aromatic rings. The van der Waals surface area contributed by atoms with Gasteiger partial charge >= 0.3 is 6.03 Å². The van der Waals surface area contributed by atoms with Gasteiger partial charge in [0, 0.05) is 63.3 Å². The lowest BCUT2D eigenvalue weighted by molar-refractivity contribution is -0.129. The van der Waals surface area contributed by atoms with Crippen molar-refractivity contribution < 1.29 is 19.1 Å². The van der Waals surface area contributed by atoms with Crippen LogP contribution >= 0.6 is 11.6 Å². The quantitative estimate of drug-likeness (QED) is 0.283. The highest BCUT2D eigenvalue weighted by Gasteiger charge is 2.29. The first-order valence-corrected chi connectivity index (χ1v) is 14.4. The van der Waals surface area contributed by atoms with Gasteiger partial charge in [-0.05, 0) is 48.9 Å². The number of amides is 3. The fourth-order valence-electron chi connectivity index (χ4n) is 5.42. The molecular weight excluding hydrogens is 530 g/mol. The zero-order valence-electron chi connectivity index (χ0n) is 23.6. The second kappa shape index (κ2) is 12.4. The van der Waals surface area contributed by atoms with Crippen molar-refractivity contribution >= 4 is 40.3 Å². The molecule has 0 radical (unpaired) electrons. The third-order valence-electron chi connectivity index (χ3n) is 7.97. The largest absolute Gasteiger partial charge is 0.493 e. The predicted molar refractivity (Wildman–Crippen MR) is 156 cm³/mol. The average molecular weight is 568 g/mol. The second-order valence-corrected chi connectivity index (χ2v) is 11.3. The number of likely N-dealkylation sites (N-methyl/N-ethyl adjacent to an activating group) is 1. The molecule has 2 aliphatic rings. The molecule has 2 fully saturated rings. The minimum Gasteiger partial charge on any atom is -0.493 e. The van der Waals surface area contributed by atoms with Crippen molar-refractivity contribution in [3.63, 3.8) is 0 Å². The van der Waals surface area contributed by atoms with Crippen LogP contribution < -0.4 is 14.4 Å². The van der Waals surface area contributed by atoms with Gasteiger partial charge in [-0.15, -0.1) is 0 Å². The highest BCUT2D eigenvalue weighted by molar-refractivity contribution is 6.35. The molecule has 1 saturated heterocycles. The van der Waals surface area contributed by atoms with Crippen molar-refractivity contribution in [3.05, 3.63) is 47.2 Å². The molecule has 1 aliphatic carbocycles. The third-order valence-corrected chi connectivity index (χ3v) is 8.26. The minimum absolute atomic E-state index is 0.0520. The molecule has 3 heterocycles. The van der Waals surface area contributed by atoms with Gasteiger partial charge in [0.25, 0.3) is 0 Å². The average Bonchev–Trinajstić information content (AvgIpc) is 3.24. The Morgan fingerprint density at radius 3 is 2.70 bits per heavy atom. The van der Waals surface area contributed by atoms with E-state index in [-0.39, 0.29) is 18.5 Å². The summed E-state index contributed by atoms with van der Waals surface area (Å²) in [7, 11) is 5.07. The Kier molecular flexibility index (Phi) is 8.69. The predicted octanol–water partition coefficient (Wildman–Crippen LogP) is 5.58. The summed E-state index contributed by atoms with van der Waals surface area (Å²) in [5, 5.41) is 1.28. The van der Waals surface area contributed by atoms with Gasteiger partial charge in [0.2, 0.25) is 5.91 Å². The van der Waals surface area contributed by atoms with Crippen molar-refractivity contribution in [1.82, 2.24) is 19.4 Å². The number of methoxy groups -OCH3 is 1. The maximum absolute atomic E-state index is 13.7. The fraction of sp³-hybridized carbons (Fsp3) is 0.500. The first-order chi connectivity index (χ1) is 19.4. The molecule has 5 rings (SSSR count). The monoisotopic (exact) mass is 567 g/mol. The molecule has 0 N–H and O–H groups in total. The van der Waals surface area contributed by atoms with Crippen LogP contribution in [0.25, 0.3) is 11.0 Å². The molecule has 10 heteroatoms. The van der Waals surface area contributed by atoms with E-state index in [1.54, 1.807) is 43.1 Å². The van der Waals surface area contributed by atoms with Crippen LogP contribution in [0.4, 0.5) is 10.5 Å². The van der Waals surface area contributed by atoms with Crippen LogP contribution in [0.3, 0.4) is 0 Å². The SMILES string of the molecule is COc1ccc(N2CCCN(Cc3ccnc4c3c(Cl)cn4CC(=O)N(C)C)C2=O)cc1OCCCC1CCC1. The number of benzene rings is 1. The summed E-state index contributed by atoms with van der Waals surface area (Å²) >= 11 is 6.63. The first-order valence-electron chi connectivity index (χ1n) is 14.1. The Morgan fingerprint density at radius 1 is 1.15 bits per heavy atom. The van der Waals surface area contributed by atoms with Gasteiger partial charge in [0.1, 0.15) is 12.2 Å². The van der Waals surface area contributed by atoms with E-state index in [1.807, 2.05) is 29.2 Å². The van der Waals surface area contributed by atoms with Gasteiger partial charge < -0.3 is 23.8 Å². The molecular formula is C30H38ClN5O4. The van der Waals surface area contributed by atoms with E-state index in [4.69, 9.17) is 21.1 Å². The molecule has 3 amide bonds. The van der Waals surface area contributed by atoms with E-state index in [0.29, 0.717) is 48.4 Å². The number of hydrogen-bond acceptors (Lipinski definition) is 5. The summed E-state index contributed by atoms with van der Waals surface area (Å²) in [6.07, 6.45) is 10.5. The van der Waals surface area contributed by atoms with Crippen molar-refractivity contribution in [2.24, 2.45) is 5.92 Å². The van der Waals surface area contributed by atoms with E-state index in [9.17, 15) is 9.59 Å². The van der Waals surface area contributed by atoms with Gasteiger partial charge in [0.05, 0.1) is 18.7 Å². The highest BCUT2D eigenvalue weighted by atomic mass is 35.5. The van der Waals surface area contributed by atoms with Crippen molar-refractivity contribution in [2.75, 3.05) is 45.8 Å². The first kappa shape index (κ1) is 28.1. The number of fused-ring (bicyclic) bond motifs is 1. The summed E-state index contributed by atoms with van der Waals surface area (Å²) in [5.41, 5.74) is 2.32. The van der Waals surface area contributed by atoms with E-state index in [1.165, 1.54) is 30.6 Å².